The van der Waals surface area contributed by atoms with Crippen LogP contribution in [0.2, 0.25) is 0 Å². The van der Waals surface area contributed by atoms with Crippen LogP contribution in [0.4, 0.5) is 13.6 Å². The first kappa shape index (κ1) is 16.1. The molecule has 0 aromatic rings. The number of carbonyl (C=O) groups is 1. The average molecular weight is 251 g/mol. The molecule has 1 unspecified atom stereocenters. The van der Waals surface area contributed by atoms with Crippen molar-refractivity contribution in [1.29, 1.82) is 0 Å². The van der Waals surface area contributed by atoms with Crippen LogP contribution in [0.15, 0.2) is 0 Å². The predicted molar refractivity (Wildman–Crippen MR) is 63.3 cm³/mol. The molecule has 1 aliphatic rings. The third-order valence-corrected chi connectivity index (χ3v) is 2.28. The van der Waals surface area contributed by atoms with Crippen molar-refractivity contribution >= 4 is 6.09 Å². The molecule has 1 atom stereocenters. The van der Waals surface area contributed by atoms with E-state index < -0.39 is 18.1 Å². The van der Waals surface area contributed by atoms with Crippen LogP contribution in [0.1, 0.15) is 53.4 Å². The van der Waals surface area contributed by atoms with Gasteiger partial charge in [-0.15, -0.1) is 0 Å². The van der Waals surface area contributed by atoms with E-state index in [0.717, 1.165) is 0 Å². The van der Waals surface area contributed by atoms with E-state index in [9.17, 15) is 13.6 Å². The fourth-order valence-electron chi connectivity index (χ4n) is 1.65. The van der Waals surface area contributed by atoms with E-state index in [0.29, 0.717) is 12.8 Å². The third kappa shape index (κ3) is 7.13. The fourth-order valence-corrected chi connectivity index (χ4v) is 1.65. The van der Waals surface area contributed by atoms with Crippen LogP contribution in [-0.2, 0) is 4.74 Å². The van der Waals surface area contributed by atoms with Gasteiger partial charge in [0.1, 0.15) is 6.10 Å². The summed E-state index contributed by atoms with van der Waals surface area (Å²) in [6, 6.07) is -0.0402. The standard InChI is InChI=1S/C10H17F2NO2.C2H6/c1-7(2)13-9(14)15-8-4-3-5-10(11,12)6-8;1-2/h7-8H,3-6H2,1-2H3,(H,13,14);1-2H3. The van der Waals surface area contributed by atoms with Crippen LogP contribution < -0.4 is 5.32 Å². The zero-order chi connectivity index (χ0) is 13.5. The topological polar surface area (TPSA) is 38.3 Å². The van der Waals surface area contributed by atoms with E-state index >= 15 is 0 Å². The SMILES string of the molecule is CC.CC(C)NC(=O)OC1CCCC(F)(F)C1. The normalized spacial score (nSPS) is 22.4. The highest BCUT2D eigenvalue weighted by Gasteiger charge is 2.37. The highest BCUT2D eigenvalue weighted by Crippen LogP contribution is 2.34. The summed E-state index contributed by atoms with van der Waals surface area (Å²) in [5, 5.41) is 2.51. The summed E-state index contributed by atoms with van der Waals surface area (Å²) in [5.74, 6) is -2.68. The lowest BCUT2D eigenvalue weighted by atomic mass is 9.94. The first-order valence-corrected chi connectivity index (χ1v) is 6.24. The smallest absolute Gasteiger partial charge is 0.407 e. The van der Waals surface area contributed by atoms with Crippen molar-refractivity contribution in [2.75, 3.05) is 0 Å². The Kier molecular flexibility index (Phi) is 7.07. The van der Waals surface area contributed by atoms with Crippen molar-refractivity contribution < 1.29 is 18.3 Å². The second-order valence-electron chi connectivity index (χ2n) is 4.28. The first-order valence-electron chi connectivity index (χ1n) is 6.24. The van der Waals surface area contributed by atoms with Gasteiger partial charge in [0.2, 0.25) is 0 Å². The molecule has 0 aromatic carbocycles. The largest absolute Gasteiger partial charge is 0.446 e. The van der Waals surface area contributed by atoms with E-state index in [1.807, 2.05) is 13.8 Å². The Balaban J connectivity index is 0.00000121. The Morgan fingerprint density at radius 2 is 2.00 bits per heavy atom. The van der Waals surface area contributed by atoms with Crippen molar-refractivity contribution in [3.8, 4) is 0 Å². The molecule has 3 nitrogen and oxygen atoms in total. The highest BCUT2D eigenvalue weighted by molar-refractivity contribution is 5.67. The Bertz CT molecular complexity index is 233. The number of ether oxygens (including phenoxy) is 1. The van der Waals surface area contributed by atoms with Crippen LogP contribution in [0.3, 0.4) is 0 Å². The van der Waals surface area contributed by atoms with Gasteiger partial charge in [-0.05, 0) is 26.7 Å². The number of hydrogen-bond donors (Lipinski definition) is 1. The molecule has 1 amide bonds. The van der Waals surface area contributed by atoms with Gasteiger partial charge in [0.15, 0.2) is 0 Å². The van der Waals surface area contributed by atoms with Gasteiger partial charge in [0.05, 0.1) is 0 Å². The van der Waals surface area contributed by atoms with Crippen molar-refractivity contribution in [2.45, 2.75) is 71.4 Å². The molecule has 1 N–H and O–H groups in total. The lowest BCUT2D eigenvalue weighted by Crippen LogP contribution is -2.38. The molecule has 0 radical (unpaired) electrons. The van der Waals surface area contributed by atoms with E-state index in [1.165, 1.54) is 0 Å². The Hall–Kier alpha value is -0.870. The predicted octanol–water partition coefficient (Wildman–Crippen LogP) is 3.73. The van der Waals surface area contributed by atoms with Gasteiger partial charge in [0, 0.05) is 18.9 Å². The quantitative estimate of drug-likeness (QED) is 0.812. The average Bonchev–Trinajstić information content (AvgIpc) is 2.17. The summed E-state index contributed by atoms with van der Waals surface area (Å²) in [5.41, 5.74) is 0. The number of rotatable bonds is 2. The summed E-state index contributed by atoms with van der Waals surface area (Å²) >= 11 is 0. The molecule has 1 fully saturated rings. The minimum absolute atomic E-state index is 0.0402. The van der Waals surface area contributed by atoms with Gasteiger partial charge in [-0.3, -0.25) is 0 Å². The Labute approximate surface area is 102 Å². The number of carbonyl (C=O) groups excluding carboxylic acids is 1. The molecule has 1 saturated carbocycles. The first-order chi connectivity index (χ1) is 7.89. The maximum Gasteiger partial charge on any atom is 0.407 e. The summed E-state index contributed by atoms with van der Waals surface area (Å²) in [4.78, 5) is 11.2. The van der Waals surface area contributed by atoms with Crippen LogP contribution >= 0.6 is 0 Å². The monoisotopic (exact) mass is 251 g/mol. The molecule has 0 heterocycles. The van der Waals surface area contributed by atoms with Crippen LogP contribution in [-0.4, -0.2) is 24.2 Å². The number of halogens is 2. The zero-order valence-corrected chi connectivity index (χ0v) is 11.1. The van der Waals surface area contributed by atoms with Gasteiger partial charge in [-0.1, -0.05) is 13.8 Å². The molecule has 0 aromatic heterocycles. The van der Waals surface area contributed by atoms with Gasteiger partial charge in [-0.25, -0.2) is 13.6 Å². The molecular formula is C12H23F2NO2. The molecule has 5 heteroatoms. The van der Waals surface area contributed by atoms with E-state index in [1.54, 1.807) is 13.8 Å². The van der Waals surface area contributed by atoms with Gasteiger partial charge >= 0.3 is 6.09 Å². The van der Waals surface area contributed by atoms with E-state index in [-0.39, 0.29) is 18.9 Å². The summed E-state index contributed by atoms with van der Waals surface area (Å²) in [6.07, 6.45) is -0.759. The van der Waals surface area contributed by atoms with Crippen molar-refractivity contribution in [3.63, 3.8) is 0 Å². The highest BCUT2D eigenvalue weighted by atomic mass is 19.3. The van der Waals surface area contributed by atoms with Gasteiger partial charge in [0.25, 0.3) is 5.92 Å². The van der Waals surface area contributed by atoms with Crippen LogP contribution in [0.25, 0.3) is 0 Å². The maximum atomic E-state index is 13.0. The zero-order valence-electron chi connectivity index (χ0n) is 11.1. The molecule has 0 bridgehead atoms. The second-order valence-corrected chi connectivity index (χ2v) is 4.28. The van der Waals surface area contributed by atoms with Crippen LogP contribution in [0, 0.1) is 0 Å². The number of alkyl carbamates (subject to hydrolysis) is 1. The lowest BCUT2D eigenvalue weighted by molar-refractivity contribution is -0.0784. The van der Waals surface area contributed by atoms with Gasteiger partial charge in [-0.2, -0.15) is 0 Å². The third-order valence-electron chi connectivity index (χ3n) is 2.28. The molecule has 1 aliphatic carbocycles. The van der Waals surface area contributed by atoms with Crippen molar-refractivity contribution in [1.82, 2.24) is 5.32 Å². The second kappa shape index (κ2) is 7.45. The summed E-state index contributed by atoms with van der Waals surface area (Å²) in [6.45, 7) is 7.58. The molecule has 102 valence electrons. The van der Waals surface area contributed by atoms with Gasteiger partial charge < -0.3 is 10.1 Å². The van der Waals surface area contributed by atoms with Crippen LogP contribution in [0.5, 0.6) is 0 Å². The van der Waals surface area contributed by atoms with Crippen molar-refractivity contribution in [3.05, 3.63) is 0 Å². The molecule has 0 spiro atoms. The van der Waals surface area contributed by atoms with E-state index in [2.05, 4.69) is 5.32 Å². The van der Waals surface area contributed by atoms with E-state index in [4.69, 9.17) is 4.74 Å². The minimum Gasteiger partial charge on any atom is -0.446 e. The maximum absolute atomic E-state index is 13.0. The molecular weight excluding hydrogens is 228 g/mol. The summed E-state index contributed by atoms with van der Waals surface area (Å²) < 4.78 is 30.8. The molecule has 0 aliphatic heterocycles. The minimum atomic E-state index is -2.68. The molecule has 1 rings (SSSR count). The number of alkyl halides is 2. The Morgan fingerprint density at radius 1 is 1.41 bits per heavy atom. The fraction of sp³-hybridized carbons (Fsp3) is 0.917. The number of hydrogen-bond acceptors (Lipinski definition) is 2. The Morgan fingerprint density at radius 3 is 2.47 bits per heavy atom. The molecule has 0 saturated heterocycles. The summed E-state index contributed by atoms with van der Waals surface area (Å²) in [7, 11) is 0. The molecule has 17 heavy (non-hydrogen) atoms. The number of nitrogens with one attached hydrogen (secondary N) is 1. The lowest BCUT2D eigenvalue weighted by Gasteiger charge is -2.28. The number of amides is 1. The van der Waals surface area contributed by atoms with Crippen molar-refractivity contribution in [2.24, 2.45) is 0 Å².